The van der Waals surface area contributed by atoms with Crippen LogP contribution < -0.4 is 0 Å². The maximum atomic E-state index is 4.44. The van der Waals surface area contributed by atoms with Crippen molar-refractivity contribution >= 4 is 11.0 Å². The molecule has 0 bridgehead atoms. The predicted octanol–water partition coefficient (Wildman–Crippen LogP) is 3.23. The van der Waals surface area contributed by atoms with Crippen molar-refractivity contribution in [1.29, 1.82) is 0 Å². The molecule has 1 heterocycles. The van der Waals surface area contributed by atoms with E-state index in [0.717, 1.165) is 5.52 Å². The van der Waals surface area contributed by atoms with Crippen LogP contribution in [-0.2, 0) is 0 Å². The van der Waals surface area contributed by atoms with E-state index in [9.17, 15) is 0 Å². The molecule has 0 radical (unpaired) electrons. The number of hydrogen-bond acceptors (Lipinski definition) is 1. The second kappa shape index (κ2) is 3.12. The van der Waals surface area contributed by atoms with Crippen molar-refractivity contribution in [3.05, 3.63) is 29.6 Å². The van der Waals surface area contributed by atoms with Crippen LogP contribution in [0.4, 0.5) is 0 Å². The molecule has 2 nitrogen and oxygen atoms in total. The molecule has 0 atom stereocenters. The van der Waals surface area contributed by atoms with Crippen molar-refractivity contribution in [2.45, 2.75) is 33.7 Å². The molecule has 14 heavy (non-hydrogen) atoms. The summed E-state index contributed by atoms with van der Waals surface area (Å²) in [6.07, 6.45) is 1.93. The Bertz CT molecular complexity index is 466. The quantitative estimate of drug-likeness (QED) is 0.671. The van der Waals surface area contributed by atoms with Crippen molar-refractivity contribution in [3.63, 3.8) is 0 Å². The SMILES string of the molecule is Cc1cc(C)c2ncn(C(C)C)c2c1. The lowest BCUT2D eigenvalue weighted by molar-refractivity contribution is 0.617. The molecule has 74 valence electrons. The minimum absolute atomic E-state index is 0.473. The lowest BCUT2D eigenvalue weighted by Crippen LogP contribution is -1.98. The number of benzene rings is 1. The van der Waals surface area contributed by atoms with Gasteiger partial charge in [-0.2, -0.15) is 0 Å². The van der Waals surface area contributed by atoms with Crippen LogP contribution in [0.2, 0.25) is 0 Å². The molecule has 0 aliphatic rings. The van der Waals surface area contributed by atoms with Crippen LogP contribution in [0.5, 0.6) is 0 Å². The van der Waals surface area contributed by atoms with Crippen molar-refractivity contribution in [2.24, 2.45) is 0 Å². The average molecular weight is 188 g/mol. The molecule has 1 aromatic carbocycles. The van der Waals surface area contributed by atoms with Crippen LogP contribution in [0.3, 0.4) is 0 Å². The van der Waals surface area contributed by atoms with E-state index in [1.807, 2.05) is 6.33 Å². The largest absolute Gasteiger partial charge is 0.328 e. The molecule has 1 aromatic heterocycles. The Morgan fingerprint density at radius 3 is 2.57 bits per heavy atom. The van der Waals surface area contributed by atoms with Crippen molar-refractivity contribution in [3.8, 4) is 0 Å². The summed E-state index contributed by atoms with van der Waals surface area (Å²) in [7, 11) is 0. The van der Waals surface area contributed by atoms with Crippen molar-refractivity contribution in [2.75, 3.05) is 0 Å². The van der Waals surface area contributed by atoms with E-state index < -0.39 is 0 Å². The summed E-state index contributed by atoms with van der Waals surface area (Å²) >= 11 is 0. The average Bonchev–Trinajstić information content (AvgIpc) is 2.47. The smallest absolute Gasteiger partial charge is 0.0960 e. The summed E-state index contributed by atoms with van der Waals surface area (Å²) in [5.41, 5.74) is 4.94. The molecule has 0 unspecified atom stereocenters. The van der Waals surface area contributed by atoms with Gasteiger partial charge < -0.3 is 4.57 Å². The van der Waals surface area contributed by atoms with E-state index in [1.54, 1.807) is 0 Å². The molecule has 0 aliphatic heterocycles. The second-order valence-corrected chi connectivity index (χ2v) is 4.20. The molecule has 2 heteroatoms. The fourth-order valence-corrected chi connectivity index (χ4v) is 1.90. The number of imidazole rings is 1. The Hall–Kier alpha value is -1.31. The molecule has 2 aromatic rings. The third kappa shape index (κ3) is 1.31. The molecular weight excluding hydrogens is 172 g/mol. The number of aromatic nitrogens is 2. The first-order chi connectivity index (χ1) is 6.59. The Kier molecular flexibility index (Phi) is 2.06. The van der Waals surface area contributed by atoms with Gasteiger partial charge in [0, 0.05) is 6.04 Å². The summed E-state index contributed by atoms with van der Waals surface area (Å²) in [6, 6.07) is 4.86. The zero-order chi connectivity index (χ0) is 10.3. The second-order valence-electron chi connectivity index (χ2n) is 4.20. The van der Waals surface area contributed by atoms with Gasteiger partial charge in [0.25, 0.3) is 0 Å². The maximum Gasteiger partial charge on any atom is 0.0960 e. The molecule has 0 saturated carbocycles. The summed E-state index contributed by atoms with van der Waals surface area (Å²) in [6.45, 7) is 8.61. The van der Waals surface area contributed by atoms with Gasteiger partial charge in [-0.1, -0.05) is 6.07 Å². The van der Waals surface area contributed by atoms with Gasteiger partial charge in [-0.15, -0.1) is 0 Å². The summed E-state index contributed by atoms with van der Waals surface area (Å²) in [4.78, 5) is 4.44. The number of nitrogens with zero attached hydrogens (tertiary/aromatic N) is 2. The third-order valence-electron chi connectivity index (χ3n) is 2.57. The minimum atomic E-state index is 0.473. The van der Waals surface area contributed by atoms with Crippen LogP contribution in [0.15, 0.2) is 18.5 Å². The van der Waals surface area contributed by atoms with Gasteiger partial charge in [-0.25, -0.2) is 4.98 Å². The van der Waals surface area contributed by atoms with Crippen LogP contribution >= 0.6 is 0 Å². The number of aryl methyl sites for hydroxylation is 2. The highest BCUT2D eigenvalue weighted by Crippen LogP contribution is 2.21. The van der Waals surface area contributed by atoms with E-state index in [2.05, 4.69) is 49.4 Å². The van der Waals surface area contributed by atoms with Gasteiger partial charge >= 0.3 is 0 Å². The molecular formula is C12H16N2. The first-order valence-corrected chi connectivity index (χ1v) is 5.03. The number of hydrogen-bond donors (Lipinski definition) is 0. The van der Waals surface area contributed by atoms with Gasteiger partial charge in [-0.05, 0) is 44.9 Å². The Labute approximate surface area is 84.6 Å². The summed E-state index contributed by atoms with van der Waals surface area (Å²) in [5.74, 6) is 0. The molecule has 0 N–H and O–H groups in total. The van der Waals surface area contributed by atoms with E-state index in [4.69, 9.17) is 0 Å². The molecule has 0 spiro atoms. The normalized spacial score (nSPS) is 11.5. The summed E-state index contributed by atoms with van der Waals surface area (Å²) < 4.78 is 2.22. The minimum Gasteiger partial charge on any atom is -0.328 e. The highest BCUT2D eigenvalue weighted by atomic mass is 15.1. The van der Waals surface area contributed by atoms with Crippen molar-refractivity contribution < 1.29 is 0 Å². The van der Waals surface area contributed by atoms with Gasteiger partial charge in [0.05, 0.1) is 17.4 Å². The molecule has 0 fully saturated rings. The lowest BCUT2D eigenvalue weighted by Gasteiger charge is -2.08. The van der Waals surface area contributed by atoms with E-state index >= 15 is 0 Å². The van der Waals surface area contributed by atoms with Crippen molar-refractivity contribution in [1.82, 2.24) is 9.55 Å². The fraction of sp³-hybridized carbons (Fsp3) is 0.417. The van der Waals surface area contributed by atoms with Crippen LogP contribution in [-0.4, -0.2) is 9.55 Å². The van der Waals surface area contributed by atoms with Gasteiger partial charge in [-0.3, -0.25) is 0 Å². The Morgan fingerprint density at radius 1 is 1.21 bits per heavy atom. The first-order valence-electron chi connectivity index (χ1n) is 5.03. The van der Waals surface area contributed by atoms with Crippen LogP contribution in [0.25, 0.3) is 11.0 Å². The first kappa shape index (κ1) is 9.25. The number of rotatable bonds is 1. The summed E-state index contributed by atoms with van der Waals surface area (Å²) in [5, 5.41) is 0. The highest BCUT2D eigenvalue weighted by molar-refractivity contribution is 5.79. The fourth-order valence-electron chi connectivity index (χ4n) is 1.90. The van der Waals surface area contributed by atoms with E-state index in [-0.39, 0.29) is 0 Å². The molecule has 0 saturated heterocycles. The van der Waals surface area contributed by atoms with Crippen LogP contribution in [0, 0.1) is 13.8 Å². The zero-order valence-electron chi connectivity index (χ0n) is 9.20. The Morgan fingerprint density at radius 2 is 1.93 bits per heavy atom. The lowest BCUT2D eigenvalue weighted by atomic mass is 10.1. The monoisotopic (exact) mass is 188 g/mol. The maximum absolute atomic E-state index is 4.44. The van der Waals surface area contributed by atoms with Gasteiger partial charge in [0.1, 0.15) is 0 Å². The molecule has 0 aliphatic carbocycles. The molecule has 0 amide bonds. The predicted molar refractivity (Wildman–Crippen MR) is 59.6 cm³/mol. The van der Waals surface area contributed by atoms with Gasteiger partial charge in [0.15, 0.2) is 0 Å². The highest BCUT2D eigenvalue weighted by Gasteiger charge is 2.07. The zero-order valence-corrected chi connectivity index (χ0v) is 9.20. The van der Waals surface area contributed by atoms with E-state index in [1.165, 1.54) is 16.6 Å². The van der Waals surface area contributed by atoms with Gasteiger partial charge in [0.2, 0.25) is 0 Å². The topological polar surface area (TPSA) is 17.8 Å². The third-order valence-corrected chi connectivity index (χ3v) is 2.57. The van der Waals surface area contributed by atoms with Crippen LogP contribution in [0.1, 0.15) is 31.0 Å². The standard InChI is InChI=1S/C12H16N2/c1-8(2)14-7-13-12-10(4)5-9(3)6-11(12)14/h5-8H,1-4H3. The Balaban J connectivity index is 2.78. The number of fused-ring (bicyclic) bond motifs is 1. The van der Waals surface area contributed by atoms with E-state index in [0.29, 0.717) is 6.04 Å². The molecule has 2 rings (SSSR count).